The summed E-state index contributed by atoms with van der Waals surface area (Å²) in [5.74, 6) is -1.06. The van der Waals surface area contributed by atoms with Gasteiger partial charge < -0.3 is 5.11 Å². The third-order valence-corrected chi connectivity index (χ3v) is 3.93. The van der Waals surface area contributed by atoms with Gasteiger partial charge in [0.1, 0.15) is 11.9 Å². The molecule has 0 saturated carbocycles. The van der Waals surface area contributed by atoms with Gasteiger partial charge in [-0.15, -0.1) is 0 Å². The molecule has 0 amide bonds. The minimum absolute atomic E-state index is 0.163. The van der Waals surface area contributed by atoms with Gasteiger partial charge in [-0.2, -0.15) is 13.2 Å². The fraction of sp³-hybridized carbons (Fsp3) is 0.333. The fourth-order valence-corrected chi connectivity index (χ4v) is 2.59. The summed E-state index contributed by atoms with van der Waals surface area (Å²) in [6.45, 7) is 3.99. The molecule has 0 aromatic heterocycles. The van der Waals surface area contributed by atoms with Crippen LogP contribution in [-0.2, 0) is 19.0 Å². The number of rotatable bonds is 4. The van der Waals surface area contributed by atoms with Crippen LogP contribution in [0.2, 0.25) is 0 Å². The van der Waals surface area contributed by atoms with Crippen LogP contribution in [0.25, 0.3) is 0 Å². The molecule has 1 N–H and O–H groups in total. The van der Waals surface area contributed by atoms with Crippen molar-refractivity contribution in [3.63, 3.8) is 0 Å². The summed E-state index contributed by atoms with van der Waals surface area (Å²) >= 11 is 0. The van der Waals surface area contributed by atoms with Crippen molar-refractivity contribution in [1.82, 2.24) is 0 Å². The van der Waals surface area contributed by atoms with Crippen LogP contribution >= 0.6 is 0 Å². The fourth-order valence-electron chi connectivity index (χ4n) is 2.59. The molecule has 0 bridgehead atoms. The van der Waals surface area contributed by atoms with Crippen molar-refractivity contribution in [2.75, 3.05) is 0 Å². The molecule has 1 atom stereocenters. The van der Waals surface area contributed by atoms with E-state index in [2.05, 4.69) is 0 Å². The number of hydrogen-bond donors (Lipinski definition) is 1. The lowest BCUT2D eigenvalue weighted by Gasteiger charge is -2.16. The highest BCUT2D eigenvalue weighted by atomic mass is 19.4. The van der Waals surface area contributed by atoms with Gasteiger partial charge in [-0.1, -0.05) is 38.1 Å². The van der Waals surface area contributed by atoms with Crippen LogP contribution in [0.5, 0.6) is 0 Å². The number of benzene rings is 2. The molecule has 0 heterocycles. The molecule has 2 rings (SSSR count). The van der Waals surface area contributed by atoms with Crippen LogP contribution in [0.4, 0.5) is 17.6 Å². The van der Waals surface area contributed by atoms with E-state index < -0.39 is 23.7 Å². The van der Waals surface area contributed by atoms with Crippen molar-refractivity contribution in [1.29, 1.82) is 0 Å². The minimum Gasteiger partial charge on any atom is -0.384 e. The predicted octanol–water partition coefficient (Wildman–Crippen LogP) is 5.05. The van der Waals surface area contributed by atoms with Crippen molar-refractivity contribution in [2.24, 2.45) is 0 Å². The summed E-state index contributed by atoms with van der Waals surface area (Å²) in [6, 6.07) is 7.50. The lowest BCUT2D eigenvalue weighted by molar-refractivity contribution is -0.137. The maximum Gasteiger partial charge on any atom is 0.416 e. The number of hydrogen-bond acceptors (Lipinski definition) is 1. The molecule has 0 aliphatic heterocycles. The van der Waals surface area contributed by atoms with E-state index >= 15 is 0 Å². The van der Waals surface area contributed by atoms with Crippen LogP contribution in [0.15, 0.2) is 36.4 Å². The molecule has 1 nitrogen and oxygen atoms in total. The maximum atomic E-state index is 14.0. The Kier molecular flexibility index (Phi) is 5.09. The molecule has 2 aromatic rings. The van der Waals surface area contributed by atoms with Gasteiger partial charge in [0.25, 0.3) is 0 Å². The monoisotopic (exact) mass is 326 g/mol. The quantitative estimate of drug-likeness (QED) is 0.780. The highest BCUT2D eigenvalue weighted by molar-refractivity contribution is 5.38. The third-order valence-electron chi connectivity index (χ3n) is 3.93. The van der Waals surface area contributed by atoms with Crippen LogP contribution in [0, 0.1) is 5.82 Å². The van der Waals surface area contributed by atoms with Crippen molar-refractivity contribution >= 4 is 0 Å². The van der Waals surface area contributed by atoms with Gasteiger partial charge in [-0.05, 0) is 41.7 Å². The molecule has 0 saturated heterocycles. The summed E-state index contributed by atoms with van der Waals surface area (Å²) in [4.78, 5) is 0. The molecule has 0 fully saturated rings. The molecule has 0 spiro atoms. The molecule has 2 aromatic carbocycles. The lowest BCUT2D eigenvalue weighted by Crippen LogP contribution is -2.09. The highest BCUT2D eigenvalue weighted by Gasteiger charge is 2.31. The van der Waals surface area contributed by atoms with Gasteiger partial charge >= 0.3 is 6.18 Å². The maximum absolute atomic E-state index is 14.0. The first kappa shape index (κ1) is 17.5. The Morgan fingerprint density at radius 2 is 1.61 bits per heavy atom. The second-order valence-electron chi connectivity index (χ2n) is 5.37. The number of aliphatic hydroxyl groups excluding tert-OH is 1. The number of alkyl halides is 3. The SMILES string of the molecule is CCc1ccc(C(O)c2ccc(C(F)(F)F)cc2F)cc1CC. The summed E-state index contributed by atoms with van der Waals surface area (Å²) in [5, 5.41) is 10.3. The number of aryl methyl sites for hydroxylation is 2. The van der Waals surface area contributed by atoms with Crippen LogP contribution in [-0.4, -0.2) is 5.11 Å². The van der Waals surface area contributed by atoms with E-state index in [9.17, 15) is 22.7 Å². The van der Waals surface area contributed by atoms with Gasteiger partial charge in [0.05, 0.1) is 5.56 Å². The first-order valence-electron chi connectivity index (χ1n) is 7.44. The largest absolute Gasteiger partial charge is 0.416 e. The smallest absolute Gasteiger partial charge is 0.384 e. The van der Waals surface area contributed by atoms with Crippen molar-refractivity contribution in [3.8, 4) is 0 Å². The average Bonchev–Trinajstić information content (AvgIpc) is 2.52. The zero-order valence-corrected chi connectivity index (χ0v) is 12.9. The van der Waals surface area contributed by atoms with Crippen molar-refractivity contribution < 1.29 is 22.7 Å². The van der Waals surface area contributed by atoms with Gasteiger partial charge in [0.15, 0.2) is 0 Å². The zero-order valence-electron chi connectivity index (χ0n) is 12.9. The Hall–Kier alpha value is -1.88. The van der Waals surface area contributed by atoms with Gasteiger partial charge in [-0.3, -0.25) is 0 Å². The molecule has 124 valence electrons. The highest BCUT2D eigenvalue weighted by Crippen LogP contribution is 2.33. The molecule has 1 unspecified atom stereocenters. The van der Waals surface area contributed by atoms with Crippen molar-refractivity contribution in [3.05, 3.63) is 70.0 Å². The molecule has 0 radical (unpaired) electrons. The molecule has 5 heteroatoms. The Morgan fingerprint density at radius 3 is 2.13 bits per heavy atom. The van der Waals surface area contributed by atoms with E-state index in [0.29, 0.717) is 11.6 Å². The molecular weight excluding hydrogens is 308 g/mol. The summed E-state index contributed by atoms with van der Waals surface area (Å²) in [6.07, 6.45) is -4.30. The predicted molar refractivity (Wildman–Crippen MR) is 80.7 cm³/mol. The Morgan fingerprint density at radius 1 is 0.957 bits per heavy atom. The Balaban J connectivity index is 2.39. The summed E-state index contributed by atoms with van der Waals surface area (Å²) in [5.41, 5.74) is 1.41. The van der Waals surface area contributed by atoms with Crippen LogP contribution in [0.3, 0.4) is 0 Å². The molecule has 0 aliphatic rings. The zero-order chi connectivity index (χ0) is 17.2. The number of halogens is 4. The number of aliphatic hydroxyl groups is 1. The summed E-state index contributed by atoms with van der Waals surface area (Å²) < 4.78 is 51.7. The van der Waals surface area contributed by atoms with E-state index in [1.54, 1.807) is 12.1 Å². The Labute approximate surface area is 132 Å². The topological polar surface area (TPSA) is 20.2 Å². The van der Waals surface area contributed by atoms with Crippen LogP contribution < -0.4 is 0 Å². The molecule has 23 heavy (non-hydrogen) atoms. The van der Waals surface area contributed by atoms with Crippen LogP contribution in [0.1, 0.15) is 47.8 Å². The lowest BCUT2D eigenvalue weighted by atomic mass is 9.94. The molecule has 0 aliphatic carbocycles. The van der Waals surface area contributed by atoms with Crippen molar-refractivity contribution in [2.45, 2.75) is 39.0 Å². The van der Waals surface area contributed by atoms with E-state index in [-0.39, 0.29) is 5.56 Å². The van der Waals surface area contributed by atoms with Gasteiger partial charge in [0.2, 0.25) is 0 Å². The normalized spacial score (nSPS) is 13.2. The average molecular weight is 326 g/mol. The van der Waals surface area contributed by atoms with E-state index in [1.165, 1.54) is 0 Å². The first-order chi connectivity index (χ1) is 10.8. The third kappa shape index (κ3) is 3.72. The first-order valence-corrected chi connectivity index (χ1v) is 7.44. The second-order valence-corrected chi connectivity index (χ2v) is 5.37. The standard InChI is InChI=1S/C18H18F4O/c1-3-11-5-6-13(9-12(11)4-2)17(23)15-8-7-14(10-16(15)19)18(20,21)22/h5-10,17,23H,3-4H2,1-2H3. The minimum atomic E-state index is -4.61. The molecular formula is C18H18F4O. The van der Waals surface area contributed by atoms with Gasteiger partial charge in [-0.25, -0.2) is 4.39 Å². The Bertz CT molecular complexity index is 692. The van der Waals surface area contributed by atoms with E-state index in [4.69, 9.17) is 0 Å². The van der Waals surface area contributed by atoms with E-state index in [1.807, 2.05) is 19.9 Å². The summed E-state index contributed by atoms with van der Waals surface area (Å²) in [7, 11) is 0. The van der Waals surface area contributed by atoms with Gasteiger partial charge in [0, 0.05) is 5.56 Å². The second kappa shape index (κ2) is 6.71. The van der Waals surface area contributed by atoms with E-state index in [0.717, 1.165) is 36.1 Å².